The molecule has 29 heavy (non-hydrogen) atoms. The number of benzene rings is 1. The smallest absolute Gasteiger partial charge is 0.257 e. The number of sulfonamides is 1. The molecule has 0 bridgehead atoms. The Balaban J connectivity index is 1.49. The van der Waals surface area contributed by atoms with Crippen molar-refractivity contribution < 1.29 is 22.1 Å². The number of aromatic nitrogens is 4. The molecule has 1 saturated heterocycles. The molecule has 154 valence electrons. The van der Waals surface area contributed by atoms with Crippen molar-refractivity contribution in [2.45, 2.75) is 30.9 Å². The molecular weight excluding hydrogens is 401 g/mol. The predicted octanol–water partition coefficient (Wildman–Crippen LogP) is 1.78. The van der Waals surface area contributed by atoms with Gasteiger partial charge in [-0.15, -0.1) is 0 Å². The van der Waals surface area contributed by atoms with E-state index in [1.165, 1.54) is 22.8 Å². The van der Waals surface area contributed by atoms with Crippen molar-refractivity contribution in [3.05, 3.63) is 59.8 Å². The van der Waals surface area contributed by atoms with Crippen LogP contribution in [-0.4, -0.2) is 52.3 Å². The molecule has 0 N–H and O–H groups in total. The molecule has 0 radical (unpaired) electrons. The number of rotatable bonds is 6. The number of halogens is 1. The fourth-order valence-corrected chi connectivity index (χ4v) is 4.46. The summed E-state index contributed by atoms with van der Waals surface area (Å²) in [7, 11) is -3.71. The van der Waals surface area contributed by atoms with E-state index in [1.54, 1.807) is 22.9 Å². The molecule has 0 amide bonds. The number of hydrogen-bond donors (Lipinski definition) is 0. The largest absolute Gasteiger partial charge is 0.366 e. The zero-order chi connectivity index (χ0) is 20.4. The normalized spacial score (nSPS) is 18.2. The Morgan fingerprint density at radius 1 is 1.31 bits per heavy atom. The third kappa shape index (κ3) is 4.07. The molecule has 1 atom stereocenters. The van der Waals surface area contributed by atoms with Crippen LogP contribution in [0.2, 0.25) is 0 Å². The molecule has 1 aromatic carbocycles. The average molecular weight is 421 g/mol. The van der Waals surface area contributed by atoms with E-state index in [4.69, 9.17) is 9.26 Å². The van der Waals surface area contributed by atoms with Crippen molar-refractivity contribution >= 4 is 10.0 Å². The van der Waals surface area contributed by atoms with Crippen molar-refractivity contribution in [2.24, 2.45) is 0 Å². The van der Waals surface area contributed by atoms with Crippen LogP contribution in [0.25, 0.3) is 0 Å². The van der Waals surface area contributed by atoms with Gasteiger partial charge in [-0.3, -0.25) is 4.68 Å². The second kappa shape index (κ2) is 8.01. The lowest BCUT2D eigenvalue weighted by molar-refractivity contribution is -0.0199. The van der Waals surface area contributed by atoms with E-state index in [0.717, 1.165) is 0 Å². The number of aryl methyl sites for hydroxylation is 1. The predicted molar refractivity (Wildman–Crippen MR) is 98.9 cm³/mol. The van der Waals surface area contributed by atoms with Crippen LogP contribution >= 0.6 is 0 Å². The van der Waals surface area contributed by atoms with Crippen LogP contribution in [0.3, 0.4) is 0 Å². The van der Waals surface area contributed by atoms with E-state index in [0.29, 0.717) is 17.9 Å². The van der Waals surface area contributed by atoms with Crippen LogP contribution in [0.4, 0.5) is 4.39 Å². The summed E-state index contributed by atoms with van der Waals surface area (Å²) in [5, 5.41) is 7.90. The van der Waals surface area contributed by atoms with Crippen LogP contribution in [0.5, 0.6) is 0 Å². The van der Waals surface area contributed by atoms with Crippen molar-refractivity contribution in [1.29, 1.82) is 0 Å². The van der Waals surface area contributed by atoms with E-state index in [1.807, 2.05) is 6.92 Å². The summed E-state index contributed by atoms with van der Waals surface area (Å²) >= 11 is 0. The molecule has 0 aliphatic carbocycles. The first-order valence-corrected chi connectivity index (χ1v) is 10.6. The Hall–Kier alpha value is -2.63. The summed E-state index contributed by atoms with van der Waals surface area (Å²) in [6.07, 6.45) is 2.31. The van der Waals surface area contributed by atoms with Gasteiger partial charge in [-0.05, 0) is 18.6 Å². The monoisotopic (exact) mass is 421 g/mol. The van der Waals surface area contributed by atoms with Gasteiger partial charge in [0.15, 0.2) is 11.9 Å². The first kappa shape index (κ1) is 19.7. The van der Waals surface area contributed by atoms with Gasteiger partial charge in [0, 0.05) is 32.3 Å². The van der Waals surface area contributed by atoms with Gasteiger partial charge >= 0.3 is 0 Å². The summed E-state index contributed by atoms with van der Waals surface area (Å²) in [6.45, 7) is 2.90. The van der Waals surface area contributed by atoms with Gasteiger partial charge < -0.3 is 9.26 Å². The minimum absolute atomic E-state index is 0.0426. The summed E-state index contributed by atoms with van der Waals surface area (Å²) in [6, 6.07) is 6.35. The zero-order valence-corrected chi connectivity index (χ0v) is 16.5. The van der Waals surface area contributed by atoms with Gasteiger partial charge in [0.1, 0.15) is 10.7 Å². The second-order valence-electron chi connectivity index (χ2n) is 6.57. The van der Waals surface area contributed by atoms with Gasteiger partial charge in [-0.25, -0.2) is 12.8 Å². The molecule has 4 rings (SSSR count). The molecule has 1 aliphatic heterocycles. The van der Waals surface area contributed by atoms with Gasteiger partial charge in [0.2, 0.25) is 10.0 Å². The Kier molecular flexibility index (Phi) is 5.43. The van der Waals surface area contributed by atoms with E-state index >= 15 is 0 Å². The molecule has 3 aromatic rings. The van der Waals surface area contributed by atoms with E-state index in [9.17, 15) is 12.8 Å². The second-order valence-corrected chi connectivity index (χ2v) is 8.51. The Morgan fingerprint density at radius 2 is 2.14 bits per heavy atom. The maximum Gasteiger partial charge on any atom is 0.257 e. The summed E-state index contributed by atoms with van der Waals surface area (Å²) in [5.74, 6) is 0.121. The number of ether oxygens (including phenoxy) is 1. The topological polar surface area (TPSA) is 103 Å². The molecule has 0 saturated carbocycles. The zero-order valence-electron chi connectivity index (χ0n) is 15.7. The number of hydrogen-bond acceptors (Lipinski definition) is 7. The highest BCUT2D eigenvalue weighted by Crippen LogP contribution is 2.26. The van der Waals surface area contributed by atoms with Crippen LogP contribution in [0.15, 0.2) is 46.1 Å². The Labute approximate surface area is 167 Å². The van der Waals surface area contributed by atoms with Crippen LogP contribution in [-0.2, 0) is 27.7 Å². The fraction of sp³-hybridized carbons (Fsp3) is 0.389. The number of morpholine rings is 1. The summed E-state index contributed by atoms with van der Waals surface area (Å²) in [4.78, 5) is 4.40. The molecule has 3 heterocycles. The Bertz CT molecular complexity index is 1100. The molecular formula is C18H20FN5O4S. The van der Waals surface area contributed by atoms with Crippen LogP contribution in [0, 0.1) is 5.82 Å². The van der Waals surface area contributed by atoms with E-state index in [2.05, 4.69) is 15.2 Å². The van der Waals surface area contributed by atoms with Crippen molar-refractivity contribution in [3.8, 4) is 0 Å². The highest BCUT2D eigenvalue weighted by molar-refractivity contribution is 7.89. The lowest BCUT2D eigenvalue weighted by Gasteiger charge is -2.29. The third-order valence-electron chi connectivity index (χ3n) is 4.67. The van der Waals surface area contributed by atoms with Gasteiger partial charge in [0.25, 0.3) is 5.89 Å². The molecule has 1 fully saturated rings. The highest BCUT2D eigenvalue weighted by atomic mass is 32.2. The minimum atomic E-state index is -3.71. The first-order valence-electron chi connectivity index (χ1n) is 9.17. The highest BCUT2D eigenvalue weighted by Gasteiger charge is 2.34. The van der Waals surface area contributed by atoms with Gasteiger partial charge in [0.05, 0.1) is 12.8 Å². The molecule has 1 aliphatic rings. The molecule has 2 aromatic heterocycles. The fourth-order valence-electron chi connectivity index (χ4n) is 3.08. The van der Waals surface area contributed by atoms with E-state index < -0.39 is 16.1 Å². The molecule has 0 spiro atoms. The van der Waals surface area contributed by atoms with Crippen molar-refractivity contribution in [3.63, 3.8) is 0 Å². The van der Waals surface area contributed by atoms with Gasteiger partial charge in [-0.2, -0.15) is 14.4 Å². The third-order valence-corrected chi connectivity index (χ3v) is 6.48. The number of nitrogens with zero attached hydrogens (tertiary/aromatic N) is 5. The van der Waals surface area contributed by atoms with Crippen LogP contribution < -0.4 is 0 Å². The summed E-state index contributed by atoms with van der Waals surface area (Å²) < 4.78 is 53.4. The van der Waals surface area contributed by atoms with E-state index in [-0.39, 0.29) is 42.7 Å². The molecule has 9 nitrogen and oxygen atoms in total. The molecule has 0 unspecified atom stereocenters. The lowest BCUT2D eigenvalue weighted by Crippen LogP contribution is -2.42. The van der Waals surface area contributed by atoms with Crippen molar-refractivity contribution in [2.75, 3.05) is 19.7 Å². The lowest BCUT2D eigenvalue weighted by atomic mass is 10.1. The maximum atomic E-state index is 13.8. The standard InChI is InChI=1S/C18H20FN5O4S/c1-2-23-11-14(10-20-23)29(25,26)24-7-8-27-16(12-24)18-21-17(22-28-18)9-13-5-3-4-6-15(13)19/h3-6,10-11,16H,2,7-9,12H2,1H3/t16-/m1/s1. The summed E-state index contributed by atoms with van der Waals surface area (Å²) in [5.41, 5.74) is 0.446. The Morgan fingerprint density at radius 3 is 2.90 bits per heavy atom. The maximum absolute atomic E-state index is 13.8. The first-order chi connectivity index (χ1) is 14.0. The van der Waals surface area contributed by atoms with Gasteiger partial charge in [-0.1, -0.05) is 23.4 Å². The average Bonchev–Trinajstić information content (AvgIpc) is 3.40. The van der Waals surface area contributed by atoms with Crippen LogP contribution in [0.1, 0.15) is 30.3 Å². The molecule has 11 heteroatoms. The van der Waals surface area contributed by atoms with Crippen molar-refractivity contribution in [1.82, 2.24) is 24.2 Å². The SMILES string of the molecule is CCn1cc(S(=O)(=O)N2CCO[C@@H](c3nc(Cc4ccccc4F)no3)C2)cn1. The quantitative estimate of drug-likeness (QED) is 0.598. The minimum Gasteiger partial charge on any atom is -0.366 e.